The zero-order valence-corrected chi connectivity index (χ0v) is 14.9. The van der Waals surface area contributed by atoms with Crippen LogP contribution in [0.15, 0.2) is 11.4 Å². The highest BCUT2D eigenvalue weighted by molar-refractivity contribution is 7.99. The molecule has 0 saturated heterocycles. The van der Waals surface area contributed by atoms with Gasteiger partial charge in [-0.3, -0.25) is 4.79 Å². The molecule has 0 aliphatic heterocycles. The molecule has 0 aromatic carbocycles. The molecule has 2 heterocycles. The lowest BCUT2D eigenvalue weighted by Gasteiger charge is -2.11. The van der Waals surface area contributed by atoms with Crippen LogP contribution in [0.25, 0.3) is 11.0 Å². The molecule has 7 nitrogen and oxygen atoms in total. The van der Waals surface area contributed by atoms with E-state index in [1.54, 1.807) is 18.0 Å². The van der Waals surface area contributed by atoms with Gasteiger partial charge in [-0.05, 0) is 11.7 Å². The van der Waals surface area contributed by atoms with E-state index in [2.05, 4.69) is 46.5 Å². The summed E-state index contributed by atoms with van der Waals surface area (Å²) in [5.74, 6) is 2.22. The number of aromatic nitrogens is 4. The minimum absolute atomic E-state index is 0.0439. The first-order chi connectivity index (χ1) is 11.0. The molecule has 0 saturated carbocycles. The van der Waals surface area contributed by atoms with Crippen molar-refractivity contribution < 1.29 is 4.79 Å². The Morgan fingerprint density at radius 3 is 2.83 bits per heavy atom. The summed E-state index contributed by atoms with van der Waals surface area (Å²) in [4.78, 5) is 20.2. The van der Waals surface area contributed by atoms with Crippen LogP contribution in [0.2, 0.25) is 0 Å². The summed E-state index contributed by atoms with van der Waals surface area (Å²) in [7, 11) is 0. The first-order valence-electron chi connectivity index (χ1n) is 7.86. The first-order valence-corrected chi connectivity index (χ1v) is 8.84. The normalized spacial score (nSPS) is 11.2. The van der Waals surface area contributed by atoms with E-state index >= 15 is 0 Å². The Kier molecular flexibility index (Phi) is 6.20. The van der Waals surface area contributed by atoms with E-state index in [9.17, 15) is 4.79 Å². The van der Waals surface area contributed by atoms with E-state index in [0.717, 1.165) is 34.3 Å². The van der Waals surface area contributed by atoms with Crippen LogP contribution < -0.4 is 10.6 Å². The Morgan fingerprint density at radius 1 is 1.39 bits per heavy atom. The molecule has 2 aromatic rings. The fourth-order valence-corrected chi connectivity index (χ4v) is 2.63. The summed E-state index contributed by atoms with van der Waals surface area (Å²) in [5.41, 5.74) is 0.799. The van der Waals surface area contributed by atoms with Gasteiger partial charge in [0.25, 0.3) is 0 Å². The molecule has 0 aliphatic carbocycles. The predicted octanol–water partition coefficient (Wildman–Crippen LogP) is 2.14. The molecule has 23 heavy (non-hydrogen) atoms. The van der Waals surface area contributed by atoms with Gasteiger partial charge in [-0.1, -0.05) is 32.5 Å². The molecule has 0 atom stereocenters. The van der Waals surface area contributed by atoms with Crippen LogP contribution >= 0.6 is 11.8 Å². The third-order valence-electron chi connectivity index (χ3n) is 3.12. The van der Waals surface area contributed by atoms with Crippen molar-refractivity contribution in [3.63, 3.8) is 0 Å². The molecule has 2 N–H and O–H groups in total. The van der Waals surface area contributed by atoms with Gasteiger partial charge in [-0.2, -0.15) is 5.10 Å². The second kappa shape index (κ2) is 8.14. The molecule has 2 rings (SSSR count). The third kappa shape index (κ3) is 4.82. The Labute approximate surface area is 140 Å². The molecule has 1 amide bonds. The smallest absolute Gasteiger partial charge is 0.216 e. The summed E-state index contributed by atoms with van der Waals surface area (Å²) in [5, 5.41) is 12.2. The average molecular weight is 336 g/mol. The molecule has 2 aromatic heterocycles. The molecule has 8 heteroatoms. The van der Waals surface area contributed by atoms with Gasteiger partial charge >= 0.3 is 0 Å². The van der Waals surface area contributed by atoms with Gasteiger partial charge in [0.2, 0.25) is 5.91 Å². The fourth-order valence-electron chi connectivity index (χ4n) is 2.07. The number of fused-ring (bicyclic) bond motifs is 1. The molecule has 0 aliphatic rings. The summed E-state index contributed by atoms with van der Waals surface area (Å²) in [6, 6.07) is 0. The lowest BCUT2D eigenvalue weighted by Crippen LogP contribution is -2.24. The van der Waals surface area contributed by atoms with Crippen molar-refractivity contribution in [2.45, 2.75) is 39.4 Å². The molecular weight excluding hydrogens is 312 g/mol. The van der Waals surface area contributed by atoms with Gasteiger partial charge in [0, 0.05) is 20.0 Å². The lowest BCUT2D eigenvalue weighted by atomic mass is 10.2. The summed E-state index contributed by atoms with van der Waals surface area (Å²) in [6.45, 7) is 9.86. The van der Waals surface area contributed by atoms with E-state index < -0.39 is 0 Å². The minimum Gasteiger partial charge on any atom is -0.369 e. The molecular formula is C15H24N6OS. The van der Waals surface area contributed by atoms with Gasteiger partial charge in [0.15, 0.2) is 10.8 Å². The standard InChI is InChI=1S/C15H24N6OS/c1-5-23-15-19-13(17-8-10(2)3)12-9-18-21(14(12)20-15)7-6-16-11(4)22/h9-10H,5-8H2,1-4H3,(H,16,22)(H,17,19,20). The molecule has 0 spiro atoms. The van der Waals surface area contributed by atoms with Gasteiger partial charge in [0.05, 0.1) is 18.1 Å². The Balaban J connectivity index is 2.29. The van der Waals surface area contributed by atoms with Crippen molar-refractivity contribution in [3.05, 3.63) is 6.20 Å². The Bertz CT molecular complexity index is 669. The highest BCUT2D eigenvalue weighted by Gasteiger charge is 2.13. The van der Waals surface area contributed by atoms with Crippen molar-refractivity contribution >= 4 is 34.5 Å². The SMILES string of the molecule is CCSc1nc(NCC(C)C)c2cnn(CCNC(C)=O)c2n1. The van der Waals surface area contributed by atoms with Crippen molar-refractivity contribution in [1.29, 1.82) is 0 Å². The molecule has 0 fully saturated rings. The van der Waals surface area contributed by atoms with Gasteiger partial charge in [0.1, 0.15) is 5.82 Å². The number of hydrogen-bond acceptors (Lipinski definition) is 6. The second-order valence-corrected chi connectivity index (χ2v) is 6.88. The van der Waals surface area contributed by atoms with Gasteiger partial charge in [-0.15, -0.1) is 0 Å². The van der Waals surface area contributed by atoms with Crippen LogP contribution in [0, 0.1) is 5.92 Å². The molecule has 126 valence electrons. The predicted molar refractivity (Wildman–Crippen MR) is 93.7 cm³/mol. The lowest BCUT2D eigenvalue weighted by molar-refractivity contribution is -0.118. The van der Waals surface area contributed by atoms with Crippen molar-refractivity contribution in [2.75, 3.05) is 24.2 Å². The van der Waals surface area contributed by atoms with Crippen LogP contribution in [-0.2, 0) is 11.3 Å². The quantitative estimate of drug-likeness (QED) is 0.567. The average Bonchev–Trinajstić information content (AvgIpc) is 2.88. The molecule has 0 unspecified atom stereocenters. The van der Waals surface area contributed by atoms with Crippen molar-refractivity contribution in [3.8, 4) is 0 Å². The van der Waals surface area contributed by atoms with Crippen molar-refractivity contribution in [2.24, 2.45) is 5.92 Å². The third-order valence-corrected chi connectivity index (χ3v) is 3.85. The number of nitrogens with one attached hydrogen (secondary N) is 2. The van der Waals surface area contributed by atoms with Crippen LogP contribution in [0.5, 0.6) is 0 Å². The van der Waals surface area contributed by atoms with E-state index in [4.69, 9.17) is 0 Å². The highest BCUT2D eigenvalue weighted by atomic mass is 32.2. The van der Waals surface area contributed by atoms with E-state index in [1.165, 1.54) is 6.92 Å². The van der Waals surface area contributed by atoms with Crippen LogP contribution in [0.3, 0.4) is 0 Å². The minimum atomic E-state index is -0.0439. The largest absolute Gasteiger partial charge is 0.369 e. The van der Waals surface area contributed by atoms with E-state index in [1.807, 2.05) is 4.68 Å². The number of amides is 1. The van der Waals surface area contributed by atoms with Crippen LogP contribution in [0.1, 0.15) is 27.7 Å². The zero-order chi connectivity index (χ0) is 16.8. The van der Waals surface area contributed by atoms with Crippen LogP contribution in [-0.4, -0.2) is 44.5 Å². The summed E-state index contributed by atoms with van der Waals surface area (Å²) < 4.78 is 1.81. The van der Waals surface area contributed by atoms with Crippen molar-refractivity contribution in [1.82, 2.24) is 25.1 Å². The number of anilines is 1. The second-order valence-electron chi connectivity index (χ2n) is 5.65. The molecule has 0 radical (unpaired) electrons. The number of carbonyl (C=O) groups excluding carboxylic acids is 1. The first kappa shape index (κ1) is 17.5. The topological polar surface area (TPSA) is 84.7 Å². The highest BCUT2D eigenvalue weighted by Crippen LogP contribution is 2.24. The number of hydrogen-bond donors (Lipinski definition) is 2. The summed E-state index contributed by atoms with van der Waals surface area (Å²) >= 11 is 1.61. The maximum Gasteiger partial charge on any atom is 0.216 e. The number of nitrogens with zero attached hydrogens (tertiary/aromatic N) is 4. The summed E-state index contributed by atoms with van der Waals surface area (Å²) in [6.07, 6.45) is 1.78. The van der Waals surface area contributed by atoms with Crippen LogP contribution in [0.4, 0.5) is 5.82 Å². The zero-order valence-electron chi connectivity index (χ0n) is 14.1. The van der Waals surface area contributed by atoms with Gasteiger partial charge < -0.3 is 10.6 Å². The van der Waals surface area contributed by atoms with E-state index in [-0.39, 0.29) is 5.91 Å². The monoisotopic (exact) mass is 336 g/mol. The number of rotatable bonds is 8. The van der Waals surface area contributed by atoms with E-state index in [0.29, 0.717) is 19.0 Å². The number of thioether (sulfide) groups is 1. The number of carbonyl (C=O) groups is 1. The fraction of sp³-hybridized carbons (Fsp3) is 0.600. The Morgan fingerprint density at radius 2 is 2.17 bits per heavy atom. The van der Waals surface area contributed by atoms with Gasteiger partial charge in [-0.25, -0.2) is 14.6 Å². The molecule has 0 bridgehead atoms. The maximum atomic E-state index is 11.0. The Hall–Kier alpha value is -1.83. The maximum absolute atomic E-state index is 11.0.